The maximum atomic E-state index is 13.3. The maximum absolute atomic E-state index is 13.3. The molecule has 1 aliphatic rings. The summed E-state index contributed by atoms with van der Waals surface area (Å²) < 4.78 is 0. The van der Waals surface area contributed by atoms with Crippen LogP contribution in [0.15, 0.2) is 72.1 Å². The number of carbonyl (C=O) groups is 1. The lowest BCUT2D eigenvalue weighted by Gasteiger charge is -2.19. The SMILES string of the molecule is CNc1nc(CCN2CCc3cc(NC(=O)c4cc(C)ccc4-c4ccccc4)ccc32)cs1. The third kappa shape index (κ3) is 4.68. The summed E-state index contributed by atoms with van der Waals surface area (Å²) in [5, 5.41) is 9.31. The zero-order valence-corrected chi connectivity index (χ0v) is 20.3. The minimum Gasteiger partial charge on any atom is -0.371 e. The van der Waals surface area contributed by atoms with Gasteiger partial charge in [0.15, 0.2) is 5.13 Å². The van der Waals surface area contributed by atoms with Gasteiger partial charge in [0.05, 0.1) is 5.69 Å². The van der Waals surface area contributed by atoms with Gasteiger partial charge in [-0.15, -0.1) is 11.3 Å². The Bertz CT molecular complexity index is 1320. The number of benzene rings is 3. The number of fused-ring (bicyclic) bond motifs is 1. The zero-order valence-electron chi connectivity index (χ0n) is 19.5. The molecule has 1 amide bonds. The molecular formula is C28H28N4OS. The summed E-state index contributed by atoms with van der Waals surface area (Å²) in [7, 11) is 1.90. The number of anilines is 3. The molecule has 2 heterocycles. The number of nitrogens with zero attached hydrogens (tertiary/aromatic N) is 2. The molecule has 0 atom stereocenters. The topological polar surface area (TPSA) is 57.3 Å². The summed E-state index contributed by atoms with van der Waals surface area (Å²) in [5.74, 6) is -0.0822. The van der Waals surface area contributed by atoms with Gasteiger partial charge in [-0.3, -0.25) is 4.79 Å². The third-order valence-corrected chi connectivity index (χ3v) is 7.15. The van der Waals surface area contributed by atoms with Gasteiger partial charge >= 0.3 is 0 Å². The molecule has 1 aliphatic heterocycles. The van der Waals surface area contributed by atoms with Crippen LogP contribution in [0.25, 0.3) is 11.1 Å². The number of hydrogen-bond donors (Lipinski definition) is 2. The predicted octanol–water partition coefficient (Wildman–Crippen LogP) is 6.02. The number of rotatable bonds is 7. The first kappa shape index (κ1) is 22.2. The van der Waals surface area contributed by atoms with Gasteiger partial charge < -0.3 is 15.5 Å². The Hall–Kier alpha value is -3.64. The van der Waals surface area contributed by atoms with Crippen molar-refractivity contribution in [3.8, 4) is 11.1 Å². The van der Waals surface area contributed by atoms with Crippen LogP contribution in [0.5, 0.6) is 0 Å². The molecule has 0 aliphatic carbocycles. The average molecular weight is 469 g/mol. The van der Waals surface area contributed by atoms with Crippen molar-refractivity contribution in [3.63, 3.8) is 0 Å². The molecule has 34 heavy (non-hydrogen) atoms. The van der Waals surface area contributed by atoms with Crippen LogP contribution < -0.4 is 15.5 Å². The second kappa shape index (κ2) is 9.69. The summed E-state index contributed by atoms with van der Waals surface area (Å²) in [4.78, 5) is 20.3. The molecule has 2 N–H and O–H groups in total. The molecule has 0 radical (unpaired) electrons. The molecule has 4 aromatic rings. The van der Waals surface area contributed by atoms with E-state index in [9.17, 15) is 4.79 Å². The van der Waals surface area contributed by atoms with Crippen LogP contribution >= 0.6 is 11.3 Å². The van der Waals surface area contributed by atoms with Crippen molar-refractivity contribution in [2.75, 3.05) is 35.7 Å². The van der Waals surface area contributed by atoms with Gasteiger partial charge in [0.25, 0.3) is 5.91 Å². The molecule has 5 nitrogen and oxygen atoms in total. The first-order valence-corrected chi connectivity index (χ1v) is 12.5. The van der Waals surface area contributed by atoms with Crippen LogP contribution in [-0.2, 0) is 12.8 Å². The highest BCUT2D eigenvalue weighted by Gasteiger charge is 2.20. The largest absolute Gasteiger partial charge is 0.371 e. The van der Waals surface area contributed by atoms with Crippen molar-refractivity contribution in [2.24, 2.45) is 0 Å². The molecular weight excluding hydrogens is 440 g/mol. The van der Waals surface area contributed by atoms with Gasteiger partial charge in [-0.25, -0.2) is 4.98 Å². The lowest BCUT2D eigenvalue weighted by Crippen LogP contribution is -2.23. The monoisotopic (exact) mass is 468 g/mol. The van der Waals surface area contributed by atoms with Crippen LogP contribution in [0.1, 0.15) is 27.2 Å². The van der Waals surface area contributed by atoms with Crippen molar-refractivity contribution < 1.29 is 4.79 Å². The van der Waals surface area contributed by atoms with Gasteiger partial charge in [-0.2, -0.15) is 0 Å². The van der Waals surface area contributed by atoms with E-state index in [2.05, 4.69) is 38.0 Å². The highest BCUT2D eigenvalue weighted by atomic mass is 32.1. The highest BCUT2D eigenvalue weighted by molar-refractivity contribution is 7.13. The smallest absolute Gasteiger partial charge is 0.256 e. The standard InChI is InChI=1S/C28H28N4OS/c1-19-8-10-24(20-6-4-3-5-7-20)25(16-19)27(33)30-22-9-11-26-21(17-22)12-14-32(26)15-13-23-18-34-28(29-2)31-23/h3-11,16-18H,12-15H2,1-2H3,(H,29,31)(H,30,33). The Morgan fingerprint density at radius 3 is 2.74 bits per heavy atom. The van der Waals surface area contributed by atoms with Gasteiger partial charge in [0.1, 0.15) is 0 Å². The van der Waals surface area contributed by atoms with E-state index in [0.29, 0.717) is 5.56 Å². The van der Waals surface area contributed by atoms with Crippen molar-refractivity contribution in [1.82, 2.24) is 4.98 Å². The van der Waals surface area contributed by atoms with E-state index in [1.165, 1.54) is 11.3 Å². The molecule has 0 bridgehead atoms. The minimum atomic E-state index is -0.0822. The molecule has 0 spiro atoms. The molecule has 6 heteroatoms. The van der Waals surface area contributed by atoms with E-state index >= 15 is 0 Å². The van der Waals surface area contributed by atoms with E-state index in [-0.39, 0.29) is 5.91 Å². The number of amides is 1. The number of aryl methyl sites for hydroxylation is 1. The zero-order chi connectivity index (χ0) is 23.5. The Balaban J connectivity index is 1.30. The summed E-state index contributed by atoms with van der Waals surface area (Å²) >= 11 is 1.64. The second-order valence-corrected chi connectivity index (χ2v) is 9.45. The maximum Gasteiger partial charge on any atom is 0.256 e. The summed E-state index contributed by atoms with van der Waals surface area (Å²) in [6.45, 7) is 3.95. The number of hydrogen-bond acceptors (Lipinski definition) is 5. The average Bonchev–Trinajstić information content (AvgIpc) is 3.49. The van der Waals surface area contributed by atoms with Gasteiger partial charge in [-0.05, 0) is 54.3 Å². The summed E-state index contributed by atoms with van der Waals surface area (Å²) in [6.07, 6.45) is 1.91. The minimum absolute atomic E-state index is 0.0822. The van der Waals surface area contributed by atoms with Crippen LogP contribution in [0, 0.1) is 6.92 Å². The first-order valence-electron chi connectivity index (χ1n) is 11.6. The molecule has 1 aromatic heterocycles. The molecule has 0 saturated heterocycles. The first-order chi connectivity index (χ1) is 16.6. The Morgan fingerprint density at radius 2 is 1.94 bits per heavy atom. The molecule has 3 aromatic carbocycles. The predicted molar refractivity (Wildman–Crippen MR) is 142 cm³/mol. The Labute approximate surface area is 204 Å². The number of aromatic nitrogens is 1. The highest BCUT2D eigenvalue weighted by Crippen LogP contribution is 2.32. The fraction of sp³-hybridized carbons (Fsp3) is 0.214. The Kier molecular flexibility index (Phi) is 6.32. The molecule has 0 saturated carbocycles. The normalized spacial score (nSPS) is 12.5. The lowest BCUT2D eigenvalue weighted by molar-refractivity contribution is 0.102. The van der Waals surface area contributed by atoms with E-state index in [1.54, 1.807) is 11.3 Å². The van der Waals surface area contributed by atoms with Crippen molar-refractivity contribution >= 4 is 33.8 Å². The fourth-order valence-corrected chi connectivity index (χ4v) is 5.19. The van der Waals surface area contributed by atoms with Crippen molar-refractivity contribution in [2.45, 2.75) is 19.8 Å². The van der Waals surface area contributed by atoms with E-state index in [0.717, 1.165) is 59.1 Å². The van der Waals surface area contributed by atoms with Gasteiger partial charge in [-0.1, -0.05) is 48.0 Å². The second-order valence-electron chi connectivity index (χ2n) is 8.59. The quantitative estimate of drug-likeness (QED) is 0.348. The fourth-order valence-electron chi connectivity index (χ4n) is 4.48. The van der Waals surface area contributed by atoms with Gasteiger partial charge in [0, 0.05) is 48.9 Å². The molecule has 172 valence electrons. The van der Waals surface area contributed by atoms with Gasteiger partial charge in [0.2, 0.25) is 0 Å². The van der Waals surface area contributed by atoms with E-state index in [1.807, 2.05) is 68.6 Å². The summed E-state index contributed by atoms with van der Waals surface area (Å²) in [6, 6.07) is 22.4. The Morgan fingerprint density at radius 1 is 1.09 bits per heavy atom. The molecule has 5 rings (SSSR count). The van der Waals surface area contributed by atoms with E-state index < -0.39 is 0 Å². The number of thiazole rings is 1. The lowest BCUT2D eigenvalue weighted by atomic mass is 9.97. The van der Waals surface area contributed by atoms with Crippen LogP contribution in [0.4, 0.5) is 16.5 Å². The molecule has 0 unspecified atom stereocenters. The molecule has 0 fully saturated rings. The third-order valence-electron chi connectivity index (χ3n) is 6.24. The number of carbonyl (C=O) groups excluding carboxylic acids is 1. The van der Waals surface area contributed by atoms with Crippen LogP contribution in [0.3, 0.4) is 0 Å². The summed E-state index contributed by atoms with van der Waals surface area (Å²) in [5.41, 5.74) is 8.23. The number of nitrogens with one attached hydrogen (secondary N) is 2. The van der Waals surface area contributed by atoms with Crippen molar-refractivity contribution in [1.29, 1.82) is 0 Å². The van der Waals surface area contributed by atoms with E-state index in [4.69, 9.17) is 0 Å². The van der Waals surface area contributed by atoms with Crippen LogP contribution in [0.2, 0.25) is 0 Å². The van der Waals surface area contributed by atoms with Crippen LogP contribution in [-0.4, -0.2) is 31.0 Å². The van der Waals surface area contributed by atoms with Crippen molar-refractivity contribution in [3.05, 3.63) is 94.5 Å².